The number of aromatic nitrogens is 2. The SMILES string of the molecule is CSCOCCOCCNc1c(C=N)nc(Cl)[nH]c1=O. The van der Waals surface area contributed by atoms with Crippen molar-refractivity contribution in [2.75, 3.05) is 43.9 Å². The zero-order valence-electron chi connectivity index (χ0n) is 11.1. The fraction of sp³-hybridized carbons (Fsp3) is 0.545. The summed E-state index contributed by atoms with van der Waals surface area (Å²) < 4.78 is 10.6. The van der Waals surface area contributed by atoms with Gasteiger partial charge in [0.25, 0.3) is 5.56 Å². The molecule has 0 saturated heterocycles. The van der Waals surface area contributed by atoms with Gasteiger partial charge in [-0.3, -0.25) is 9.78 Å². The summed E-state index contributed by atoms with van der Waals surface area (Å²) in [6.45, 7) is 1.88. The molecule has 0 aliphatic heterocycles. The lowest BCUT2D eigenvalue weighted by Crippen LogP contribution is -2.21. The van der Waals surface area contributed by atoms with Crippen molar-refractivity contribution < 1.29 is 9.47 Å². The van der Waals surface area contributed by atoms with Crippen LogP contribution in [-0.2, 0) is 9.47 Å². The van der Waals surface area contributed by atoms with Crippen LogP contribution < -0.4 is 10.9 Å². The van der Waals surface area contributed by atoms with Crippen LogP contribution in [0.25, 0.3) is 0 Å². The molecule has 0 unspecified atom stereocenters. The van der Waals surface area contributed by atoms with E-state index in [1.807, 2.05) is 6.26 Å². The highest BCUT2D eigenvalue weighted by Crippen LogP contribution is 2.06. The van der Waals surface area contributed by atoms with E-state index in [0.717, 1.165) is 6.21 Å². The molecule has 0 bridgehead atoms. The maximum Gasteiger partial charge on any atom is 0.275 e. The molecule has 0 radical (unpaired) electrons. The number of hydrogen-bond donors (Lipinski definition) is 3. The van der Waals surface area contributed by atoms with Crippen LogP contribution in [-0.4, -0.2) is 54.7 Å². The third-order valence-corrected chi connectivity index (χ3v) is 2.76. The van der Waals surface area contributed by atoms with Crippen molar-refractivity contribution in [3.63, 3.8) is 0 Å². The van der Waals surface area contributed by atoms with Gasteiger partial charge in [0.2, 0.25) is 5.28 Å². The van der Waals surface area contributed by atoms with Crippen LogP contribution >= 0.6 is 23.4 Å². The number of ether oxygens (including phenoxy) is 2. The van der Waals surface area contributed by atoms with E-state index < -0.39 is 5.56 Å². The van der Waals surface area contributed by atoms with E-state index in [-0.39, 0.29) is 16.7 Å². The van der Waals surface area contributed by atoms with Crippen LogP contribution in [0.1, 0.15) is 5.69 Å². The van der Waals surface area contributed by atoms with Gasteiger partial charge >= 0.3 is 0 Å². The van der Waals surface area contributed by atoms with Crippen LogP contribution in [0.3, 0.4) is 0 Å². The van der Waals surface area contributed by atoms with Crippen LogP contribution in [0.15, 0.2) is 4.79 Å². The highest BCUT2D eigenvalue weighted by Gasteiger charge is 2.08. The summed E-state index contributed by atoms with van der Waals surface area (Å²) in [6, 6.07) is 0. The van der Waals surface area contributed by atoms with Gasteiger partial charge in [-0.15, -0.1) is 11.8 Å². The molecule has 20 heavy (non-hydrogen) atoms. The monoisotopic (exact) mass is 320 g/mol. The number of anilines is 1. The van der Waals surface area contributed by atoms with Crippen molar-refractivity contribution in [3.8, 4) is 0 Å². The summed E-state index contributed by atoms with van der Waals surface area (Å²) in [5, 5.41) is 10.0. The lowest BCUT2D eigenvalue weighted by atomic mass is 10.3. The van der Waals surface area contributed by atoms with Gasteiger partial charge < -0.3 is 20.2 Å². The van der Waals surface area contributed by atoms with Crippen LogP contribution in [0, 0.1) is 5.41 Å². The molecule has 3 N–H and O–H groups in total. The van der Waals surface area contributed by atoms with Gasteiger partial charge in [0.15, 0.2) is 0 Å². The Kier molecular flexibility index (Phi) is 8.28. The Morgan fingerprint density at radius 3 is 2.90 bits per heavy atom. The lowest BCUT2D eigenvalue weighted by Gasteiger charge is -2.08. The first-order valence-electron chi connectivity index (χ1n) is 5.87. The number of nitrogens with one attached hydrogen (secondary N) is 3. The summed E-state index contributed by atoms with van der Waals surface area (Å²) in [5.41, 5.74) is 0.000454. The molecule has 0 aliphatic carbocycles. The van der Waals surface area contributed by atoms with E-state index in [0.29, 0.717) is 32.3 Å². The lowest BCUT2D eigenvalue weighted by molar-refractivity contribution is 0.0705. The molecular weight excluding hydrogens is 304 g/mol. The maximum atomic E-state index is 11.6. The number of hydrogen-bond acceptors (Lipinski definition) is 7. The van der Waals surface area contributed by atoms with Gasteiger partial charge in [-0.1, -0.05) is 0 Å². The molecular formula is C11H17ClN4O3S. The highest BCUT2D eigenvalue weighted by atomic mass is 35.5. The van der Waals surface area contributed by atoms with E-state index in [1.165, 1.54) is 0 Å². The highest BCUT2D eigenvalue weighted by molar-refractivity contribution is 7.98. The summed E-state index contributed by atoms with van der Waals surface area (Å²) >= 11 is 7.21. The fourth-order valence-corrected chi connectivity index (χ4v) is 1.81. The third kappa shape index (κ3) is 5.91. The Morgan fingerprint density at radius 2 is 2.20 bits per heavy atom. The molecule has 112 valence electrons. The average molecular weight is 321 g/mol. The van der Waals surface area contributed by atoms with Gasteiger partial charge in [-0.05, 0) is 17.9 Å². The van der Waals surface area contributed by atoms with Crippen molar-refractivity contribution >= 4 is 35.3 Å². The molecule has 0 saturated carbocycles. The summed E-state index contributed by atoms with van der Waals surface area (Å²) in [4.78, 5) is 17.8. The first-order valence-corrected chi connectivity index (χ1v) is 7.64. The molecule has 1 aromatic rings. The second-order valence-electron chi connectivity index (χ2n) is 3.62. The number of nitrogens with zero attached hydrogens (tertiary/aromatic N) is 1. The molecule has 0 fully saturated rings. The number of aromatic amines is 1. The topological polar surface area (TPSA) is 100 Å². The summed E-state index contributed by atoms with van der Waals surface area (Å²) in [7, 11) is 0. The quantitative estimate of drug-likeness (QED) is 0.259. The minimum absolute atomic E-state index is 0.0405. The zero-order valence-corrected chi connectivity index (χ0v) is 12.6. The number of H-pyrrole nitrogens is 1. The van der Waals surface area contributed by atoms with Crippen molar-refractivity contribution in [2.24, 2.45) is 0 Å². The molecule has 1 rings (SSSR count). The van der Waals surface area contributed by atoms with Gasteiger partial charge in [0.05, 0.1) is 25.8 Å². The third-order valence-electron chi connectivity index (χ3n) is 2.18. The maximum absolute atomic E-state index is 11.6. The standard InChI is InChI=1S/C11H17ClN4O3S/c1-20-7-19-5-4-18-3-2-14-9-8(6-13)15-11(12)16-10(9)17/h6,13-14H,2-5,7H2,1H3,(H,15,16,17). The molecule has 1 aromatic heterocycles. The minimum Gasteiger partial charge on any atom is -0.377 e. The normalized spacial score (nSPS) is 10.5. The molecule has 9 heteroatoms. The molecule has 0 atom stereocenters. The Bertz CT molecular complexity index is 483. The average Bonchev–Trinajstić information content (AvgIpc) is 2.43. The van der Waals surface area contributed by atoms with Crippen molar-refractivity contribution in [1.29, 1.82) is 5.41 Å². The van der Waals surface area contributed by atoms with E-state index in [1.54, 1.807) is 11.8 Å². The van der Waals surface area contributed by atoms with Gasteiger partial charge in [-0.25, -0.2) is 4.98 Å². The second kappa shape index (κ2) is 9.76. The van der Waals surface area contributed by atoms with E-state index in [2.05, 4.69) is 15.3 Å². The van der Waals surface area contributed by atoms with E-state index in [9.17, 15) is 4.79 Å². The number of halogens is 1. The number of rotatable bonds is 10. The zero-order chi connectivity index (χ0) is 14.8. The van der Waals surface area contributed by atoms with Gasteiger partial charge in [-0.2, -0.15) is 0 Å². The van der Waals surface area contributed by atoms with Crippen molar-refractivity contribution in [1.82, 2.24) is 9.97 Å². The smallest absolute Gasteiger partial charge is 0.275 e. The van der Waals surface area contributed by atoms with Crippen LogP contribution in [0.2, 0.25) is 5.28 Å². The Labute approximate surface area is 125 Å². The summed E-state index contributed by atoms with van der Waals surface area (Å²) in [6.07, 6.45) is 2.93. The second-order valence-corrected chi connectivity index (χ2v) is 4.79. The molecule has 0 spiro atoms. The molecule has 1 heterocycles. The Balaban J connectivity index is 2.32. The molecule has 0 amide bonds. The number of thioether (sulfide) groups is 1. The Hall–Kier alpha value is -1.09. The van der Waals surface area contributed by atoms with Gasteiger partial charge in [0.1, 0.15) is 11.4 Å². The van der Waals surface area contributed by atoms with Crippen LogP contribution in [0.4, 0.5) is 5.69 Å². The largest absolute Gasteiger partial charge is 0.377 e. The molecule has 0 aromatic carbocycles. The first kappa shape index (κ1) is 17.0. The van der Waals surface area contributed by atoms with Crippen molar-refractivity contribution in [2.45, 2.75) is 0 Å². The van der Waals surface area contributed by atoms with E-state index >= 15 is 0 Å². The predicted molar refractivity (Wildman–Crippen MR) is 81.4 cm³/mol. The Morgan fingerprint density at radius 1 is 1.45 bits per heavy atom. The van der Waals surface area contributed by atoms with Gasteiger partial charge in [0, 0.05) is 12.8 Å². The molecule has 0 aliphatic rings. The first-order chi connectivity index (χ1) is 9.69. The van der Waals surface area contributed by atoms with Crippen molar-refractivity contribution in [3.05, 3.63) is 21.3 Å². The van der Waals surface area contributed by atoms with Crippen LogP contribution in [0.5, 0.6) is 0 Å². The van der Waals surface area contributed by atoms with E-state index in [4.69, 9.17) is 26.5 Å². The fourth-order valence-electron chi connectivity index (χ4n) is 1.35. The minimum atomic E-state index is -0.410. The molecule has 7 nitrogen and oxygen atoms in total. The predicted octanol–water partition coefficient (Wildman–Crippen LogP) is 1.19. The summed E-state index contributed by atoms with van der Waals surface area (Å²) in [5.74, 6) is 0.649.